The normalized spacial score (nSPS) is 9.37. The highest BCUT2D eigenvalue weighted by molar-refractivity contribution is 5.85. The lowest BCUT2D eigenvalue weighted by atomic mass is 10.2. The molecule has 0 amide bonds. The molecule has 0 aliphatic carbocycles. The van der Waals surface area contributed by atoms with Crippen molar-refractivity contribution in [2.45, 2.75) is 26.8 Å². The lowest BCUT2D eigenvalue weighted by Crippen LogP contribution is -2.21. The molecule has 0 radical (unpaired) electrons. The van der Waals surface area contributed by atoms with Gasteiger partial charge in [-0.2, -0.15) is 0 Å². The quantitative estimate of drug-likeness (QED) is 0.688. The van der Waals surface area contributed by atoms with Crippen molar-refractivity contribution in [3.63, 3.8) is 0 Å². The average Bonchev–Trinajstić information content (AvgIpc) is 2.36. The number of ether oxygens (including phenoxy) is 1. The van der Waals surface area contributed by atoms with E-state index in [1.807, 2.05) is 19.1 Å². The second-order valence-electron chi connectivity index (χ2n) is 3.92. The van der Waals surface area contributed by atoms with Crippen LogP contribution in [0.25, 0.3) is 0 Å². The minimum absolute atomic E-state index is 0. The van der Waals surface area contributed by atoms with E-state index in [9.17, 15) is 0 Å². The molecule has 1 rings (SSSR count). The molecule has 0 heterocycles. The van der Waals surface area contributed by atoms with Gasteiger partial charge in [-0.25, -0.2) is 0 Å². The predicted octanol–water partition coefficient (Wildman–Crippen LogP) is 3.02. The molecule has 0 unspecified atom stereocenters. The minimum atomic E-state index is 0. The van der Waals surface area contributed by atoms with Gasteiger partial charge >= 0.3 is 0 Å². The van der Waals surface area contributed by atoms with E-state index >= 15 is 0 Å². The van der Waals surface area contributed by atoms with Crippen LogP contribution in [-0.2, 0) is 6.54 Å². The molecule has 19 heavy (non-hydrogen) atoms. The molecule has 3 nitrogen and oxygen atoms in total. The van der Waals surface area contributed by atoms with Gasteiger partial charge in [-0.3, -0.25) is 0 Å². The second kappa shape index (κ2) is 13.9. The molecule has 0 atom stereocenters. The Hall–Kier alpha value is -0.480. The van der Waals surface area contributed by atoms with Crippen LogP contribution in [0.4, 0.5) is 0 Å². The Kier molecular flexibility index (Phi) is 15.3. The van der Waals surface area contributed by atoms with Gasteiger partial charge in [0, 0.05) is 12.1 Å². The fourth-order valence-corrected chi connectivity index (χ4v) is 1.68. The molecule has 0 aromatic heterocycles. The van der Waals surface area contributed by atoms with Crippen molar-refractivity contribution < 1.29 is 4.74 Å². The Morgan fingerprint density at radius 1 is 1.00 bits per heavy atom. The van der Waals surface area contributed by atoms with Crippen LogP contribution in [0.15, 0.2) is 24.3 Å². The number of benzene rings is 1. The zero-order valence-electron chi connectivity index (χ0n) is 11.8. The van der Waals surface area contributed by atoms with Crippen molar-refractivity contribution in [1.29, 1.82) is 0 Å². The van der Waals surface area contributed by atoms with E-state index in [2.05, 4.69) is 29.7 Å². The fourth-order valence-electron chi connectivity index (χ4n) is 1.68. The van der Waals surface area contributed by atoms with Crippen LogP contribution in [0.3, 0.4) is 0 Å². The topological polar surface area (TPSA) is 33.3 Å². The number of hydrogen-bond acceptors (Lipinski definition) is 3. The van der Waals surface area contributed by atoms with E-state index < -0.39 is 0 Å². The number of para-hydroxylation sites is 1. The summed E-state index contributed by atoms with van der Waals surface area (Å²) in [5.41, 5.74) is 1.23. The molecule has 0 aliphatic heterocycles. The molecular weight excluding hydrogens is 283 g/mol. The summed E-state index contributed by atoms with van der Waals surface area (Å²) >= 11 is 0. The van der Waals surface area contributed by atoms with Crippen LogP contribution in [0, 0.1) is 0 Å². The Morgan fingerprint density at radius 2 is 1.68 bits per heavy atom. The largest absolute Gasteiger partial charge is 0.494 e. The number of hydrogen-bond donors (Lipinski definition) is 2. The Balaban J connectivity index is 0. The molecule has 0 spiro atoms. The van der Waals surface area contributed by atoms with Crippen molar-refractivity contribution >= 4 is 24.8 Å². The molecule has 1 aromatic rings. The summed E-state index contributed by atoms with van der Waals surface area (Å²) < 4.78 is 5.58. The van der Waals surface area contributed by atoms with E-state index in [-0.39, 0.29) is 24.8 Å². The number of rotatable bonds is 9. The van der Waals surface area contributed by atoms with Gasteiger partial charge in [0.05, 0.1) is 6.61 Å². The third kappa shape index (κ3) is 9.11. The predicted molar refractivity (Wildman–Crippen MR) is 87.0 cm³/mol. The highest BCUT2D eigenvalue weighted by Crippen LogP contribution is 2.17. The van der Waals surface area contributed by atoms with Crippen LogP contribution >= 0.6 is 24.8 Å². The maximum Gasteiger partial charge on any atom is 0.123 e. The first-order valence-corrected chi connectivity index (χ1v) is 6.50. The van der Waals surface area contributed by atoms with Crippen LogP contribution in [0.2, 0.25) is 0 Å². The maximum atomic E-state index is 5.58. The molecule has 5 heteroatoms. The summed E-state index contributed by atoms with van der Waals surface area (Å²) in [6.07, 6.45) is 1.16. The summed E-state index contributed by atoms with van der Waals surface area (Å²) in [7, 11) is 0. The monoisotopic (exact) mass is 308 g/mol. The first-order chi connectivity index (χ1) is 8.38. The average molecular weight is 309 g/mol. The highest BCUT2D eigenvalue weighted by Gasteiger charge is 2.00. The third-order valence-electron chi connectivity index (χ3n) is 2.55. The summed E-state index contributed by atoms with van der Waals surface area (Å²) in [6.45, 7) is 8.91. The first kappa shape index (κ1) is 20.8. The number of nitrogens with one attached hydrogen (secondary N) is 2. The fraction of sp³-hybridized carbons (Fsp3) is 0.571. The molecule has 2 N–H and O–H groups in total. The van der Waals surface area contributed by atoms with E-state index in [0.717, 1.165) is 45.0 Å². The lowest BCUT2D eigenvalue weighted by Gasteiger charge is -2.10. The van der Waals surface area contributed by atoms with Crippen molar-refractivity contribution in [2.24, 2.45) is 0 Å². The molecule has 0 bridgehead atoms. The number of halogens is 2. The zero-order valence-corrected chi connectivity index (χ0v) is 13.4. The first-order valence-electron chi connectivity index (χ1n) is 6.50. The summed E-state index contributed by atoms with van der Waals surface area (Å²) in [5.74, 6) is 0.995. The summed E-state index contributed by atoms with van der Waals surface area (Å²) in [5, 5.41) is 6.75. The standard InChI is InChI=1S/C14H24N2O.2ClH/c1-3-15-10-7-11-16-12-13-8-5-6-9-14(13)17-4-2;;/h5-6,8-9,15-16H,3-4,7,10-12H2,1-2H3;2*1H. The van der Waals surface area contributed by atoms with E-state index in [0.29, 0.717) is 0 Å². The highest BCUT2D eigenvalue weighted by atomic mass is 35.5. The smallest absolute Gasteiger partial charge is 0.123 e. The van der Waals surface area contributed by atoms with Crippen molar-refractivity contribution in [3.8, 4) is 5.75 Å². The SMILES string of the molecule is CCNCCCNCc1ccccc1OCC.Cl.Cl. The Labute approximate surface area is 129 Å². The summed E-state index contributed by atoms with van der Waals surface area (Å²) in [6, 6.07) is 8.21. The second-order valence-corrected chi connectivity index (χ2v) is 3.92. The molecule has 112 valence electrons. The van der Waals surface area contributed by atoms with Gasteiger partial charge < -0.3 is 15.4 Å². The molecule has 0 saturated heterocycles. The van der Waals surface area contributed by atoms with Crippen molar-refractivity contribution in [2.75, 3.05) is 26.2 Å². The van der Waals surface area contributed by atoms with Gasteiger partial charge in [0.15, 0.2) is 0 Å². The lowest BCUT2D eigenvalue weighted by molar-refractivity contribution is 0.335. The van der Waals surface area contributed by atoms with Crippen LogP contribution in [0.5, 0.6) is 5.75 Å². The minimum Gasteiger partial charge on any atom is -0.494 e. The van der Waals surface area contributed by atoms with Gasteiger partial charge in [0.25, 0.3) is 0 Å². The third-order valence-corrected chi connectivity index (χ3v) is 2.55. The van der Waals surface area contributed by atoms with E-state index in [1.54, 1.807) is 0 Å². The molecule has 1 aromatic carbocycles. The van der Waals surface area contributed by atoms with E-state index in [4.69, 9.17) is 4.74 Å². The molecular formula is C14H26Cl2N2O. The zero-order chi connectivity index (χ0) is 12.3. The van der Waals surface area contributed by atoms with Gasteiger partial charge in [-0.1, -0.05) is 25.1 Å². The van der Waals surface area contributed by atoms with Gasteiger partial charge in [0.1, 0.15) is 5.75 Å². The van der Waals surface area contributed by atoms with Gasteiger partial charge in [-0.05, 0) is 39.0 Å². The molecule has 0 fully saturated rings. The Morgan fingerprint density at radius 3 is 2.37 bits per heavy atom. The van der Waals surface area contributed by atoms with Crippen LogP contribution < -0.4 is 15.4 Å². The Bertz CT molecular complexity index is 311. The molecule has 0 saturated carbocycles. The molecule has 0 aliphatic rings. The maximum absolute atomic E-state index is 5.58. The van der Waals surface area contributed by atoms with Crippen molar-refractivity contribution in [1.82, 2.24) is 10.6 Å². The van der Waals surface area contributed by atoms with Crippen LogP contribution in [-0.4, -0.2) is 26.2 Å². The van der Waals surface area contributed by atoms with Gasteiger partial charge in [-0.15, -0.1) is 24.8 Å². The van der Waals surface area contributed by atoms with Crippen molar-refractivity contribution in [3.05, 3.63) is 29.8 Å². The van der Waals surface area contributed by atoms with Crippen LogP contribution in [0.1, 0.15) is 25.8 Å². The van der Waals surface area contributed by atoms with E-state index in [1.165, 1.54) is 5.56 Å². The van der Waals surface area contributed by atoms with Gasteiger partial charge in [0.2, 0.25) is 0 Å². The summed E-state index contributed by atoms with van der Waals surface area (Å²) in [4.78, 5) is 0.